The molecule has 0 saturated carbocycles. The number of hydrogen-bond acceptors (Lipinski definition) is 2. The summed E-state index contributed by atoms with van der Waals surface area (Å²) in [5.74, 6) is 0. The molecule has 0 heterocycles. The monoisotopic (exact) mass is 172 g/mol. The fraction of sp³-hybridized carbons (Fsp3) is 1.00. The molecule has 0 aliphatic rings. The quantitative estimate of drug-likeness (QED) is 0.663. The van der Waals surface area contributed by atoms with Crippen molar-refractivity contribution in [3.05, 3.63) is 0 Å². The summed E-state index contributed by atoms with van der Waals surface area (Å²) in [5, 5.41) is 3.45. The lowest BCUT2D eigenvalue weighted by Crippen LogP contribution is -2.39. The molecule has 0 rings (SSSR count). The van der Waals surface area contributed by atoms with E-state index in [0.29, 0.717) is 11.5 Å². The Morgan fingerprint density at radius 3 is 2.25 bits per heavy atom. The molecule has 0 bridgehead atoms. The fourth-order valence-electron chi connectivity index (χ4n) is 1.33. The maximum absolute atomic E-state index is 5.66. The smallest absolute Gasteiger partial charge is 0.0195 e. The molecular weight excluding hydrogens is 148 g/mol. The third-order valence-corrected chi connectivity index (χ3v) is 1.83. The summed E-state index contributed by atoms with van der Waals surface area (Å²) in [4.78, 5) is 0. The third-order valence-electron chi connectivity index (χ3n) is 1.83. The summed E-state index contributed by atoms with van der Waals surface area (Å²) in [6.45, 7) is 10.8. The minimum absolute atomic E-state index is 0.380. The van der Waals surface area contributed by atoms with Crippen molar-refractivity contribution in [3.8, 4) is 0 Å². The van der Waals surface area contributed by atoms with Crippen LogP contribution in [-0.4, -0.2) is 19.1 Å². The van der Waals surface area contributed by atoms with E-state index >= 15 is 0 Å². The van der Waals surface area contributed by atoms with Crippen molar-refractivity contribution in [2.75, 3.05) is 13.1 Å². The van der Waals surface area contributed by atoms with Crippen LogP contribution in [0.25, 0.3) is 0 Å². The molecule has 0 amide bonds. The average molecular weight is 172 g/mol. The number of nitrogens with one attached hydrogen (secondary N) is 1. The highest BCUT2D eigenvalue weighted by molar-refractivity contribution is 4.74. The van der Waals surface area contributed by atoms with E-state index in [1.54, 1.807) is 0 Å². The van der Waals surface area contributed by atoms with E-state index in [0.717, 1.165) is 19.5 Å². The molecule has 2 nitrogen and oxygen atoms in total. The molecule has 0 aliphatic heterocycles. The summed E-state index contributed by atoms with van der Waals surface area (Å²) in [7, 11) is 0. The van der Waals surface area contributed by atoms with Gasteiger partial charge in [0, 0.05) is 12.6 Å². The first-order chi connectivity index (χ1) is 5.49. The Kier molecular flexibility index (Phi) is 5.51. The molecule has 3 N–H and O–H groups in total. The van der Waals surface area contributed by atoms with Crippen molar-refractivity contribution in [2.45, 2.75) is 46.6 Å². The molecule has 1 atom stereocenters. The Hall–Kier alpha value is -0.0800. The van der Waals surface area contributed by atoms with E-state index in [4.69, 9.17) is 5.73 Å². The first-order valence-electron chi connectivity index (χ1n) is 4.93. The lowest BCUT2D eigenvalue weighted by atomic mass is 9.88. The van der Waals surface area contributed by atoms with Gasteiger partial charge in [0.25, 0.3) is 0 Å². The van der Waals surface area contributed by atoms with E-state index in [9.17, 15) is 0 Å². The zero-order chi connectivity index (χ0) is 9.61. The Labute approximate surface area is 76.9 Å². The van der Waals surface area contributed by atoms with Gasteiger partial charge in [0.2, 0.25) is 0 Å². The van der Waals surface area contributed by atoms with E-state index < -0.39 is 0 Å². The van der Waals surface area contributed by atoms with Crippen LogP contribution in [0.15, 0.2) is 0 Å². The minimum Gasteiger partial charge on any atom is -0.329 e. The lowest BCUT2D eigenvalue weighted by Gasteiger charge is -2.25. The Morgan fingerprint density at radius 1 is 1.33 bits per heavy atom. The minimum atomic E-state index is 0.380. The highest BCUT2D eigenvalue weighted by atomic mass is 14.9. The van der Waals surface area contributed by atoms with Gasteiger partial charge in [-0.1, -0.05) is 27.7 Å². The van der Waals surface area contributed by atoms with Crippen LogP contribution in [0, 0.1) is 5.41 Å². The molecule has 0 fully saturated rings. The van der Waals surface area contributed by atoms with Crippen LogP contribution in [-0.2, 0) is 0 Å². The van der Waals surface area contributed by atoms with Crippen LogP contribution < -0.4 is 11.1 Å². The second kappa shape index (κ2) is 5.55. The topological polar surface area (TPSA) is 38.0 Å². The molecule has 2 heteroatoms. The summed E-state index contributed by atoms with van der Waals surface area (Å²) in [6.07, 6.45) is 2.34. The normalized spacial score (nSPS) is 14.8. The summed E-state index contributed by atoms with van der Waals surface area (Å²) < 4.78 is 0. The SMILES string of the molecule is CCCNC(CN)CC(C)(C)C. The summed E-state index contributed by atoms with van der Waals surface area (Å²) >= 11 is 0. The van der Waals surface area contributed by atoms with Crippen molar-refractivity contribution in [1.82, 2.24) is 5.32 Å². The highest BCUT2D eigenvalue weighted by Gasteiger charge is 2.16. The highest BCUT2D eigenvalue weighted by Crippen LogP contribution is 2.20. The second-order valence-corrected chi connectivity index (χ2v) is 4.65. The largest absolute Gasteiger partial charge is 0.329 e. The Morgan fingerprint density at radius 2 is 1.92 bits per heavy atom. The molecule has 0 radical (unpaired) electrons. The summed E-state index contributed by atoms with van der Waals surface area (Å²) in [5.41, 5.74) is 6.04. The average Bonchev–Trinajstić information content (AvgIpc) is 1.95. The van der Waals surface area contributed by atoms with Crippen LogP contribution in [0.5, 0.6) is 0 Å². The third kappa shape index (κ3) is 6.62. The van der Waals surface area contributed by atoms with Gasteiger partial charge in [-0.05, 0) is 24.8 Å². The van der Waals surface area contributed by atoms with Crippen LogP contribution >= 0.6 is 0 Å². The van der Waals surface area contributed by atoms with Crippen molar-refractivity contribution in [3.63, 3.8) is 0 Å². The molecule has 0 aliphatic carbocycles. The van der Waals surface area contributed by atoms with Crippen LogP contribution in [0.2, 0.25) is 0 Å². The zero-order valence-corrected chi connectivity index (χ0v) is 8.98. The molecular formula is C10H24N2. The molecule has 74 valence electrons. The molecule has 0 aromatic carbocycles. The van der Waals surface area contributed by atoms with Gasteiger partial charge in [-0.2, -0.15) is 0 Å². The van der Waals surface area contributed by atoms with Gasteiger partial charge in [0.1, 0.15) is 0 Å². The number of rotatable bonds is 5. The van der Waals surface area contributed by atoms with Gasteiger partial charge in [0.15, 0.2) is 0 Å². The van der Waals surface area contributed by atoms with Crippen molar-refractivity contribution < 1.29 is 0 Å². The molecule has 0 spiro atoms. The molecule has 12 heavy (non-hydrogen) atoms. The molecule has 1 unspecified atom stereocenters. The Balaban J connectivity index is 3.67. The standard InChI is InChI=1S/C10H24N2/c1-5-6-12-9(8-11)7-10(2,3)4/h9,12H,5-8,11H2,1-4H3. The van der Waals surface area contributed by atoms with E-state index in [1.807, 2.05) is 0 Å². The van der Waals surface area contributed by atoms with Crippen molar-refractivity contribution in [1.29, 1.82) is 0 Å². The van der Waals surface area contributed by atoms with Crippen molar-refractivity contribution in [2.24, 2.45) is 11.1 Å². The summed E-state index contributed by atoms with van der Waals surface area (Å²) in [6, 6.07) is 0.491. The number of nitrogens with two attached hydrogens (primary N) is 1. The second-order valence-electron chi connectivity index (χ2n) is 4.65. The molecule has 0 saturated heterocycles. The van der Waals surface area contributed by atoms with Crippen molar-refractivity contribution >= 4 is 0 Å². The maximum Gasteiger partial charge on any atom is 0.0195 e. The maximum atomic E-state index is 5.66. The van der Waals surface area contributed by atoms with Gasteiger partial charge in [-0.25, -0.2) is 0 Å². The van der Waals surface area contributed by atoms with Gasteiger partial charge in [0.05, 0.1) is 0 Å². The lowest BCUT2D eigenvalue weighted by molar-refractivity contribution is 0.311. The van der Waals surface area contributed by atoms with Gasteiger partial charge in [-0.15, -0.1) is 0 Å². The number of hydrogen-bond donors (Lipinski definition) is 2. The van der Waals surface area contributed by atoms with Gasteiger partial charge in [-0.3, -0.25) is 0 Å². The van der Waals surface area contributed by atoms with Gasteiger partial charge >= 0.3 is 0 Å². The van der Waals surface area contributed by atoms with E-state index in [-0.39, 0.29) is 0 Å². The van der Waals surface area contributed by atoms with E-state index in [1.165, 1.54) is 6.42 Å². The fourth-order valence-corrected chi connectivity index (χ4v) is 1.33. The molecule has 0 aromatic heterocycles. The van der Waals surface area contributed by atoms with Crippen LogP contribution in [0.4, 0.5) is 0 Å². The van der Waals surface area contributed by atoms with Crippen LogP contribution in [0.1, 0.15) is 40.5 Å². The molecule has 0 aromatic rings. The first-order valence-corrected chi connectivity index (χ1v) is 4.93. The predicted octanol–water partition coefficient (Wildman–Crippen LogP) is 1.75. The van der Waals surface area contributed by atoms with E-state index in [2.05, 4.69) is 33.0 Å². The van der Waals surface area contributed by atoms with Crippen LogP contribution in [0.3, 0.4) is 0 Å². The zero-order valence-electron chi connectivity index (χ0n) is 8.98. The first kappa shape index (κ1) is 11.9. The Bertz CT molecular complexity index is 105. The van der Waals surface area contributed by atoms with Gasteiger partial charge < -0.3 is 11.1 Å². The predicted molar refractivity (Wildman–Crippen MR) is 55.2 cm³/mol.